The Bertz CT molecular complexity index is 1350. The van der Waals surface area contributed by atoms with Crippen molar-refractivity contribution in [2.45, 2.75) is 0 Å². The first kappa shape index (κ1) is 19.2. The number of carbonyl (C=O) groups is 1. The lowest BCUT2D eigenvalue weighted by atomic mass is 10.2. The SMILES string of the molecule is COc1ccccc1N1CCN(C(=O)c2cc3c(=O)n4ccccc4nc3n2C)CC1. The molecule has 8 heteroatoms. The molecular formula is C23H23N5O3. The Morgan fingerprint density at radius 2 is 1.77 bits per heavy atom. The van der Waals surface area contributed by atoms with Gasteiger partial charge in [-0.15, -0.1) is 0 Å². The fourth-order valence-corrected chi connectivity index (χ4v) is 4.23. The Hall–Kier alpha value is -3.81. The molecule has 0 aliphatic carbocycles. The number of rotatable bonds is 3. The molecule has 4 aromatic rings. The maximum Gasteiger partial charge on any atom is 0.270 e. The first-order valence-corrected chi connectivity index (χ1v) is 10.2. The number of methoxy groups -OCH3 is 1. The molecule has 5 rings (SSSR count). The number of nitrogens with zero attached hydrogens (tertiary/aromatic N) is 5. The molecule has 0 N–H and O–H groups in total. The number of amides is 1. The van der Waals surface area contributed by atoms with Crippen LogP contribution in [0, 0.1) is 0 Å². The number of fused-ring (bicyclic) bond motifs is 2. The molecule has 158 valence electrons. The van der Waals surface area contributed by atoms with E-state index in [1.54, 1.807) is 43.1 Å². The van der Waals surface area contributed by atoms with Gasteiger partial charge >= 0.3 is 0 Å². The summed E-state index contributed by atoms with van der Waals surface area (Å²) in [7, 11) is 3.45. The summed E-state index contributed by atoms with van der Waals surface area (Å²) in [5.74, 6) is 0.739. The molecule has 4 heterocycles. The summed E-state index contributed by atoms with van der Waals surface area (Å²) in [6.45, 7) is 2.60. The van der Waals surface area contributed by atoms with Crippen molar-refractivity contribution < 1.29 is 9.53 Å². The normalized spacial score (nSPS) is 14.4. The second-order valence-corrected chi connectivity index (χ2v) is 7.62. The molecule has 0 saturated carbocycles. The van der Waals surface area contributed by atoms with Crippen molar-refractivity contribution in [2.75, 3.05) is 38.2 Å². The summed E-state index contributed by atoms with van der Waals surface area (Å²) < 4.78 is 8.69. The minimum atomic E-state index is -0.170. The number of aryl methyl sites for hydroxylation is 1. The molecule has 1 aromatic carbocycles. The van der Waals surface area contributed by atoms with Gasteiger partial charge in [-0.05, 0) is 30.3 Å². The molecule has 1 fully saturated rings. The van der Waals surface area contributed by atoms with Crippen LogP contribution in [0.1, 0.15) is 10.5 Å². The monoisotopic (exact) mass is 417 g/mol. The lowest BCUT2D eigenvalue weighted by molar-refractivity contribution is 0.0737. The van der Waals surface area contributed by atoms with Gasteiger partial charge < -0.3 is 19.1 Å². The summed E-state index contributed by atoms with van der Waals surface area (Å²) in [6.07, 6.45) is 1.69. The van der Waals surface area contributed by atoms with E-state index in [0.29, 0.717) is 48.6 Å². The topological polar surface area (TPSA) is 72.1 Å². The van der Waals surface area contributed by atoms with Crippen LogP contribution >= 0.6 is 0 Å². The zero-order valence-corrected chi connectivity index (χ0v) is 17.5. The number of hydrogen-bond acceptors (Lipinski definition) is 5. The van der Waals surface area contributed by atoms with Crippen molar-refractivity contribution in [3.63, 3.8) is 0 Å². The van der Waals surface area contributed by atoms with Crippen molar-refractivity contribution in [2.24, 2.45) is 7.05 Å². The number of anilines is 1. The van der Waals surface area contributed by atoms with E-state index in [2.05, 4.69) is 9.88 Å². The molecule has 1 saturated heterocycles. The highest BCUT2D eigenvalue weighted by molar-refractivity contribution is 5.98. The average molecular weight is 417 g/mol. The van der Waals surface area contributed by atoms with E-state index in [0.717, 1.165) is 11.4 Å². The number of carbonyl (C=O) groups excluding carboxylic acids is 1. The third-order valence-corrected chi connectivity index (χ3v) is 5.92. The number of para-hydroxylation sites is 2. The fraction of sp³-hybridized carbons (Fsp3) is 0.261. The molecule has 0 bridgehead atoms. The first-order chi connectivity index (χ1) is 15.1. The number of piperazine rings is 1. The van der Waals surface area contributed by atoms with Gasteiger partial charge in [0, 0.05) is 39.4 Å². The van der Waals surface area contributed by atoms with Gasteiger partial charge in [-0.2, -0.15) is 0 Å². The van der Waals surface area contributed by atoms with Crippen LogP contribution in [0.15, 0.2) is 59.5 Å². The van der Waals surface area contributed by atoms with Crippen LogP contribution in [0.2, 0.25) is 0 Å². The summed E-state index contributed by atoms with van der Waals surface area (Å²) in [5.41, 5.74) is 2.42. The van der Waals surface area contributed by atoms with Gasteiger partial charge in [0.1, 0.15) is 22.7 Å². The average Bonchev–Trinajstić information content (AvgIpc) is 3.15. The predicted molar refractivity (Wildman–Crippen MR) is 119 cm³/mol. The van der Waals surface area contributed by atoms with Crippen LogP contribution in [-0.2, 0) is 7.05 Å². The molecule has 0 unspecified atom stereocenters. The molecular weight excluding hydrogens is 394 g/mol. The molecule has 0 radical (unpaired) electrons. The summed E-state index contributed by atoms with van der Waals surface area (Å²) in [6, 6.07) is 15.0. The quantitative estimate of drug-likeness (QED) is 0.511. The van der Waals surface area contributed by atoms with Gasteiger partial charge in [0.15, 0.2) is 0 Å². The van der Waals surface area contributed by atoms with E-state index < -0.39 is 0 Å². The third kappa shape index (κ3) is 3.11. The van der Waals surface area contributed by atoms with Crippen molar-refractivity contribution in [1.82, 2.24) is 18.9 Å². The van der Waals surface area contributed by atoms with Gasteiger partial charge in [-0.25, -0.2) is 4.98 Å². The van der Waals surface area contributed by atoms with Crippen LogP contribution in [0.5, 0.6) is 5.75 Å². The molecule has 1 amide bonds. The second kappa shape index (κ2) is 7.46. The van der Waals surface area contributed by atoms with Crippen LogP contribution in [0.3, 0.4) is 0 Å². The minimum absolute atomic E-state index is 0.0892. The van der Waals surface area contributed by atoms with Crippen molar-refractivity contribution in [1.29, 1.82) is 0 Å². The van der Waals surface area contributed by atoms with E-state index in [9.17, 15) is 9.59 Å². The van der Waals surface area contributed by atoms with Crippen LogP contribution < -0.4 is 15.2 Å². The van der Waals surface area contributed by atoms with Crippen molar-refractivity contribution in [3.05, 3.63) is 70.8 Å². The Labute approximate surface area is 178 Å². The van der Waals surface area contributed by atoms with Crippen molar-refractivity contribution >= 4 is 28.3 Å². The van der Waals surface area contributed by atoms with E-state index in [1.165, 1.54) is 4.40 Å². The molecule has 0 atom stereocenters. The molecule has 0 spiro atoms. The van der Waals surface area contributed by atoms with E-state index in [4.69, 9.17) is 4.74 Å². The predicted octanol–water partition coefficient (Wildman–Crippen LogP) is 2.16. The first-order valence-electron chi connectivity index (χ1n) is 10.2. The molecule has 3 aromatic heterocycles. The number of benzene rings is 1. The Morgan fingerprint density at radius 1 is 1.03 bits per heavy atom. The van der Waals surface area contributed by atoms with Crippen molar-refractivity contribution in [3.8, 4) is 5.75 Å². The zero-order valence-electron chi connectivity index (χ0n) is 17.5. The maximum atomic E-state index is 13.3. The standard InChI is InChI=1S/C23H23N5O3/c1-25-18(15-16-21(25)24-20-9-5-6-10-28(20)22(16)29)23(30)27-13-11-26(12-14-27)17-7-3-4-8-19(17)31-2/h3-10,15H,11-14H2,1-2H3. The highest BCUT2D eigenvalue weighted by Crippen LogP contribution is 2.28. The minimum Gasteiger partial charge on any atom is -0.495 e. The molecule has 8 nitrogen and oxygen atoms in total. The lowest BCUT2D eigenvalue weighted by Crippen LogP contribution is -2.49. The second-order valence-electron chi connectivity index (χ2n) is 7.62. The van der Waals surface area contributed by atoms with Crippen LogP contribution in [-0.4, -0.2) is 58.0 Å². The van der Waals surface area contributed by atoms with Gasteiger partial charge in [0.25, 0.3) is 11.5 Å². The highest BCUT2D eigenvalue weighted by Gasteiger charge is 2.26. The zero-order chi connectivity index (χ0) is 21.5. The molecule has 1 aliphatic heterocycles. The van der Waals surface area contributed by atoms with Gasteiger partial charge in [-0.3, -0.25) is 14.0 Å². The summed E-state index contributed by atoms with van der Waals surface area (Å²) in [5, 5.41) is 0.446. The van der Waals surface area contributed by atoms with Gasteiger partial charge in [0.2, 0.25) is 0 Å². The Balaban J connectivity index is 1.42. The number of aromatic nitrogens is 3. The smallest absolute Gasteiger partial charge is 0.270 e. The summed E-state index contributed by atoms with van der Waals surface area (Å²) in [4.78, 5) is 34.8. The highest BCUT2D eigenvalue weighted by atomic mass is 16.5. The van der Waals surface area contributed by atoms with E-state index in [-0.39, 0.29) is 11.5 Å². The van der Waals surface area contributed by atoms with E-state index in [1.807, 2.05) is 35.2 Å². The lowest BCUT2D eigenvalue weighted by Gasteiger charge is -2.36. The van der Waals surface area contributed by atoms with E-state index >= 15 is 0 Å². The molecule has 31 heavy (non-hydrogen) atoms. The number of pyridine rings is 1. The number of hydrogen-bond donors (Lipinski definition) is 0. The summed E-state index contributed by atoms with van der Waals surface area (Å²) >= 11 is 0. The van der Waals surface area contributed by atoms with Gasteiger partial charge in [0.05, 0.1) is 18.2 Å². The Morgan fingerprint density at radius 3 is 2.55 bits per heavy atom. The number of ether oxygens (including phenoxy) is 1. The molecule has 1 aliphatic rings. The van der Waals surface area contributed by atoms with Gasteiger partial charge in [-0.1, -0.05) is 18.2 Å². The van der Waals surface area contributed by atoms with Crippen LogP contribution in [0.25, 0.3) is 16.7 Å². The maximum absolute atomic E-state index is 13.3. The third-order valence-electron chi connectivity index (χ3n) is 5.92. The fourth-order valence-electron chi connectivity index (χ4n) is 4.23. The van der Waals surface area contributed by atoms with Crippen LogP contribution in [0.4, 0.5) is 5.69 Å². The Kier molecular flexibility index (Phi) is 4.62. The largest absolute Gasteiger partial charge is 0.495 e.